The number of rotatable bonds is 3. The molecular weight excluding hydrogens is 269 g/mol. The van der Waals surface area contributed by atoms with E-state index in [0.717, 1.165) is 31.2 Å². The molecule has 1 aromatic carbocycles. The average molecular weight is 288 g/mol. The summed E-state index contributed by atoms with van der Waals surface area (Å²) in [5.74, 6) is 0. The highest BCUT2D eigenvalue weighted by atomic mass is 35.5. The fourth-order valence-corrected chi connectivity index (χ4v) is 3.47. The van der Waals surface area contributed by atoms with Gasteiger partial charge in [-0.05, 0) is 36.6 Å². The van der Waals surface area contributed by atoms with E-state index in [-0.39, 0.29) is 5.41 Å². The Kier molecular flexibility index (Phi) is 4.54. The van der Waals surface area contributed by atoms with Gasteiger partial charge in [0.2, 0.25) is 0 Å². The zero-order valence-electron chi connectivity index (χ0n) is 10.3. The van der Waals surface area contributed by atoms with Crippen LogP contribution in [-0.4, -0.2) is 11.7 Å². The molecule has 2 rings (SSSR count). The summed E-state index contributed by atoms with van der Waals surface area (Å²) in [6.45, 7) is 0.498. The highest BCUT2D eigenvalue weighted by Crippen LogP contribution is 2.45. The lowest BCUT2D eigenvalue weighted by molar-refractivity contribution is 0.000707. The van der Waals surface area contributed by atoms with Crippen LogP contribution in [0.1, 0.15) is 43.8 Å². The zero-order valence-corrected chi connectivity index (χ0v) is 11.8. The second-order valence-corrected chi connectivity index (χ2v) is 6.11. The van der Waals surface area contributed by atoms with Crippen molar-refractivity contribution in [2.45, 2.75) is 38.2 Å². The van der Waals surface area contributed by atoms with Crippen LogP contribution in [0.25, 0.3) is 0 Å². The first-order chi connectivity index (χ1) is 8.57. The number of aliphatic hydroxyl groups is 1. The Labute approximate surface area is 118 Å². The van der Waals surface area contributed by atoms with Crippen LogP contribution >= 0.6 is 23.2 Å². The Morgan fingerprint density at radius 1 is 1.11 bits per heavy atom. The van der Waals surface area contributed by atoms with E-state index in [1.54, 1.807) is 18.2 Å². The lowest BCUT2D eigenvalue weighted by atomic mass is 9.68. The molecule has 2 nitrogen and oxygen atoms in total. The molecule has 0 saturated heterocycles. The molecule has 4 heteroatoms. The maximum atomic E-state index is 10.6. The molecule has 1 saturated carbocycles. The predicted molar refractivity (Wildman–Crippen MR) is 76.0 cm³/mol. The molecule has 100 valence electrons. The predicted octanol–water partition coefficient (Wildman–Crippen LogP) is 3.94. The topological polar surface area (TPSA) is 46.2 Å². The Bertz CT molecular complexity index is 396. The third-order valence-electron chi connectivity index (χ3n) is 4.04. The number of benzene rings is 1. The number of hydrogen-bond donors (Lipinski definition) is 2. The Morgan fingerprint density at radius 3 is 2.17 bits per heavy atom. The molecule has 1 aliphatic carbocycles. The second kappa shape index (κ2) is 5.79. The third-order valence-corrected chi connectivity index (χ3v) is 4.47. The lowest BCUT2D eigenvalue weighted by Crippen LogP contribution is -2.38. The van der Waals surface area contributed by atoms with Crippen molar-refractivity contribution in [3.8, 4) is 0 Å². The van der Waals surface area contributed by atoms with Crippen LogP contribution in [0, 0.1) is 5.41 Å². The van der Waals surface area contributed by atoms with Crippen molar-refractivity contribution in [1.29, 1.82) is 0 Å². The van der Waals surface area contributed by atoms with Crippen molar-refractivity contribution in [3.05, 3.63) is 33.8 Å². The standard InChI is InChI=1S/C14H19Cl2NO/c15-11-6-10(7-12(16)8-11)13(18)14(9-17)4-2-1-3-5-14/h6-8,13,18H,1-5,9,17H2. The fraction of sp³-hybridized carbons (Fsp3) is 0.571. The van der Waals surface area contributed by atoms with E-state index in [0.29, 0.717) is 16.6 Å². The van der Waals surface area contributed by atoms with Crippen LogP contribution in [0.5, 0.6) is 0 Å². The third kappa shape index (κ3) is 2.83. The van der Waals surface area contributed by atoms with Gasteiger partial charge in [-0.15, -0.1) is 0 Å². The first kappa shape index (κ1) is 14.1. The van der Waals surface area contributed by atoms with Crippen LogP contribution in [-0.2, 0) is 0 Å². The van der Waals surface area contributed by atoms with Gasteiger partial charge in [0.1, 0.15) is 0 Å². The molecule has 18 heavy (non-hydrogen) atoms. The molecule has 0 heterocycles. The van der Waals surface area contributed by atoms with Crippen LogP contribution in [0.3, 0.4) is 0 Å². The van der Waals surface area contributed by atoms with Gasteiger partial charge in [-0.1, -0.05) is 42.5 Å². The van der Waals surface area contributed by atoms with E-state index in [2.05, 4.69) is 0 Å². The van der Waals surface area contributed by atoms with Gasteiger partial charge >= 0.3 is 0 Å². The SMILES string of the molecule is NCC1(C(O)c2cc(Cl)cc(Cl)c2)CCCCC1. The van der Waals surface area contributed by atoms with Gasteiger partial charge in [0, 0.05) is 22.0 Å². The first-order valence-corrected chi connectivity index (χ1v) is 7.17. The van der Waals surface area contributed by atoms with Crippen molar-refractivity contribution < 1.29 is 5.11 Å². The second-order valence-electron chi connectivity index (χ2n) is 5.23. The summed E-state index contributed by atoms with van der Waals surface area (Å²) >= 11 is 12.0. The molecule has 3 N–H and O–H groups in total. The molecule has 0 radical (unpaired) electrons. The smallest absolute Gasteiger partial charge is 0.0859 e. The van der Waals surface area contributed by atoms with E-state index < -0.39 is 6.10 Å². The highest BCUT2D eigenvalue weighted by Gasteiger charge is 2.38. The molecule has 1 aliphatic rings. The Morgan fingerprint density at radius 2 is 1.67 bits per heavy atom. The molecule has 0 aliphatic heterocycles. The van der Waals surface area contributed by atoms with Crippen molar-refractivity contribution in [2.75, 3.05) is 6.54 Å². The Hall–Kier alpha value is -0.280. The molecular formula is C14H19Cl2NO. The molecule has 1 aromatic rings. The van der Waals surface area contributed by atoms with Gasteiger partial charge in [0.15, 0.2) is 0 Å². The van der Waals surface area contributed by atoms with Crippen LogP contribution in [0.4, 0.5) is 0 Å². The van der Waals surface area contributed by atoms with Crippen molar-refractivity contribution in [2.24, 2.45) is 11.1 Å². The van der Waals surface area contributed by atoms with E-state index >= 15 is 0 Å². The van der Waals surface area contributed by atoms with E-state index in [1.807, 2.05) is 0 Å². The molecule has 0 aromatic heterocycles. The summed E-state index contributed by atoms with van der Waals surface area (Å²) in [4.78, 5) is 0. The van der Waals surface area contributed by atoms with Crippen molar-refractivity contribution in [1.82, 2.24) is 0 Å². The molecule has 0 amide bonds. The van der Waals surface area contributed by atoms with Crippen LogP contribution in [0.2, 0.25) is 10.0 Å². The lowest BCUT2D eigenvalue weighted by Gasteiger charge is -2.40. The number of nitrogens with two attached hydrogens (primary N) is 1. The number of hydrogen-bond acceptors (Lipinski definition) is 2. The zero-order chi connectivity index (χ0) is 13.2. The highest BCUT2D eigenvalue weighted by molar-refractivity contribution is 6.34. The van der Waals surface area contributed by atoms with Crippen molar-refractivity contribution >= 4 is 23.2 Å². The summed E-state index contributed by atoms with van der Waals surface area (Å²) in [6.07, 6.45) is 4.83. The quantitative estimate of drug-likeness (QED) is 0.885. The normalized spacial score (nSPS) is 20.7. The minimum absolute atomic E-state index is 0.216. The number of aliphatic hydroxyl groups excluding tert-OH is 1. The summed E-state index contributed by atoms with van der Waals surface area (Å²) in [5, 5.41) is 11.8. The van der Waals surface area contributed by atoms with Gasteiger partial charge in [-0.3, -0.25) is 0 Å². The molecule has 0 spiro atoms. The largest absolute Gasteiger partial charge is 0.388 e. The van der Waals surface area contributed by atoms with Gasteiger partial charge in [0.05, 0.1) is 6.10 Å². The van der Waals surface area contributed by atoms with Crippen LogP contribution < -0.4 is 5.73 Å². The van der Waals surface area contributed by atoms with E-state index in [9.17, 15) is 5.11 Å². The fourth-order valence-electron chi connectivity index (χ4n) is 2.93. The number of halogens is 2. The van der Waals surface area contributed by atoms with Crippen LogP contribution in [0.15, 0.2) is 18.2 Å². The maximum Gasteiger partial charge on any atom is 0.0859 e. The van der Waals surface area contributed by atoms with E-state index in [4.69, 9.17) is 28.9 Å². The van der Waals surface area contributed by atoms with Crippen molar-refractivity contribution in [3.63, 3.8) is 0 Å². The first-order valence-electron chi connectivity index (χ1n) is 6.41. The van der Waals surface area contributed by atoms with Gasteiger partial charge < -0.3 is 10.8 Å². The monoisotopic (exact) mass is 287 g/mol. The maximum absolute atomic E-state index is 10.6. The summed E-state index contributed by atoms with van der Waals surface area (Å²) in [7, 11) is 0. The van der Waals surface area contributed by atoms with E-state index in [1.165, 1.54) is 6.42 Å². The summed E-state index contributed by atoms with van der Waals surface area (Å²) < 4.78 is 0. The Balaban J connectivity index is 2.30. The average Bonchev–Trinajstić information content (AvgIpc) is 2.37. The molecule has 1 unspecified atom stereocenters. The molecule has 0 bridgehead atoms. The molecule has 1 atom stereocenters. The van der Waals surface area contributed by atoms with Gasteiger partial charge in [-0.25, -0.2) is 0 Å². The van der Waals surface area contributed by atoms with Gasteiger partial charge in [-0.2, -0.15) is 0 Å². The minimum Gasteiger partial charge on any atom is -0.388 e. The minimum atomic E-state index is -0.584. The summed E-state index contributed by atoms with van der Waals surface area (Å²) in [6, 6.07) is 5.24. The van der Waals surface area contributed by atoms with Gasteiger partial charge in [0.25, 0.3) is 0 Å². The summed E-state index contributed by atoms with van der Waals surface area (Å²) in [5.41, 5.74) is 6.49. The molecule has 1 fully saturated rings.